The van der Waals surface area contributed by atoms with Crippen LogP contribution in [0.25, 0.3) is 11.0 Å². The maximum Gasteiger partial charge on any atom is 0.293 e. The van der Waals surface area contributed by atoms with Crippen molar-refractivity contribution in [2.45, 2.75) is 20.0 Å². The molecule has 0 spiro atoms. The SMILES string of the molecule is CC#CCn1c(N(C)CCN)nc2cnn(Cc3cccc(Cl)c3N)c(=O)c21. The number of halogens is 1. The van der Waals surface area contributed by atoms with Crippen molar-refractivity contribution >= 4 is 34.3 Å². The van der Waals surface area contributed by atoms with Crippen LogP contribution in [0.3, 0.4) is 0 Å². The zero-order valence-corrected chi connectivity index (χ0v) is 16.6. The van der Waals surface area contributed by atoms with Crippen LogP contribution in [0.2, 0.25) is 5.02 Å². The van der Waals surface area contributed by atoms with Crippen molar-refractivity contribution in [2.24, 2.45) is 5.73 Å². The normalized spacial score (nSPS) is 10.7. The molecule has 1 aromatic carbocycles. The van der Waals surface area contributed by atoms with Gasteiger partial charge in [-0.3, -0.25) is 9.36 Å². The lowest BCUT2D eigenvalue weighted by atomic mass is 10.2. The highest BCUT2D eigenvalue weighted by Crippen LogP contribution is 2.23. The molecule has 0 aliphatic heterocycles. The van der Waals surface area contributed by atoms with Crippen LogP contribution < -0.4 is 21.9 Å². The van der Waals surface area contributed by atoms with Crippen molar-refractivity contribution in [1.82, 2.24) is 19.3 Å². The third kappa shape index (κ3) is 3.67. The van der Waals surface area contributed by atoms with Gasteiger partial charge in [-0.25, -0.2) is 9.67 Å². The van der Waals surface area contributed by atoms with Crippen LogP contribution in [0.1, 0.15) is 12.5 Å². The van der Waals surface area contributed by atoms with Gasteiger partial charge in [0, 0.05) is 20.1 Å². The summed E-state index contributed by atoms with van der Waals surface area (Å²) in [5, 5.41) is 4.71. The number of hydrogen-bond acceptors (Lipinski definition) is 6. The van der Waals surface area contributed by atoms with E-state index in [1.165, 1.54) is 4.68 Å². The number of nitrogens with zero attached hydrogens (tertiary/aromatic N) is 5. The summed E-state index contributed by atoms with van der Waals surface area (Å²) < 4.78 is 3.15. The monoisotopic (exact) mass is 399 g/mol. The fraction of sp³-hybridized carbons (Fsp3) is 0.316. The summed E-state index contributed by atoms with van der Waals surface area (Å²) in [5.41, 5.74) is 13.6. The molecule has 0 amide bonds. The topological polar surface area (TPSA) is 108 Å². The van der Waals surface area contributed by atoms with Gasteiger partial charge < -0.3 is 16.4 Å². The van der Waals surface area contributed by atoms with Gasteiger partial charge >= 0.3 is 0 Å². The summed E-state index contributed by atoms with van der Waals surface area (Å²) in [7, 11) is 1.88. The summed E-state index contributed by atoms with van der Waals surface area (Å²) in [6.45, 7) is 3.37. The fourth-order valence-electron chi connectivity index (χ4n) is 2.96. The number of anilines is 2. The van der Waals surface area contributed by atoms with Gasteiger partial charge in [-0.05, 0) is 18.6 Å². The third-order valence-corrected chi connectivity index (χ3v) is 4.74. The van der Waals surface area contributed by atoms with Crippen molar-refractivity contribution < 1.29 is 0 Å². The van der Waals surface area contributed by atoms with Crippen LogP contribution in [0.5, 0.6) is 0 Å². The Morgan fingerprint density at radius 2 is 2.14 bits per heavy atom. The molecule has 9 heteroatoms. The number of nitrogens with two attached hydrogens (primary N) is 2. The first-order valence-corrected chi connectivity index (χ1v) is 9.15. The van der Waals surface area contributed by atoms with Crippen molar-refractivity contribution in [3.63, 3.8) is 0 Å². The largest absolute Gasteiger partial charge is 0.397 e. The highest BCUT2D eigenvalue weighted by Gasteiger charge is 2.18. The number of nitrogen functional groups attached to an aromatic ring is 1. The second-order valence-electron chi connectivity index (χ2n) is 6.29. The summed E-state index contributed by atoms with van der Waals surface area (Å²) in [4.78, 5) is 19.6. The first-order chi connectivity index (χ1) is 13.5. The van der Waals surface area contributed by atoms with E-state index in [-0.39, 0.29) is 12.1 Å². The van der Waals surface area contributed by atoms with Crippen molar-refractivity contribution in [3.05, 3.63) is 45.3 Å². The highest BCUT2D eigenvalue weighted by molar-refractivity contribution is 6.33. The molecular formula is C19H22ClN7O. The molecule has 146 valence electrons. The van der Waals surface area contributed by atoms with Crippen molar-refractivity contribution in [1.29, 1.82) is 0 Å². The molecular weight excluding hydrogens is 378 g/mol. The van der Waals surface area contributed by atoms with Crippen LogP contribution in [-0.4, -0.2) is 39.5 Å². The molecule has 0 fully saturated rings. The second kappa shape index (κ2) is 8.33. The molecule has 3 aromatic rings. The van der Waals surface area contributed by atoms with Gasteiger partial charge in [0.25, 0.3) is 5.56 Å². The summed E-state index contributed by atoms with van der Waals surface area (Å²) in [6.07, 6.45) is 1.58. The van der Waals surface area contributed by atoms with E-state index < -0.39 is 0 Å². The molecule has 0 bridgehead atoms. The maximum absolute atomic E-state index is 13.2. The molecule has 0 radical (unpaired) electrons. The average molecular weight is 400 g/mol. The molecule has 0 saturated carbocycles. The van der Waals surface area contributed by atoms with Gasteiger partial charge in [-0.2, -0.15) is 5.10 Å². The first-order valence-electron chi connectivity index (χ1n) is 8.78. The standard InChI is InChI=1S/C19H22ClN7O/c1-3-4-9-26-17-15(24-19(26)25(2)10-8-21)11-23-27(18(17)28)12-13-6-5-7-14(20)16(13)22/h5-7,11H,8-10,12,21-22H2,1-2H3. The minimum absolute atomic E-state index is 0.208. The van der Waals surface area contributed by atoms with E-state index in [2.05, 4.69) is 21.9 Å². The predicted octanol–water partition coefficient (Wildman–Crippen LogP) is 1.30. The highest BCUT2D eigenvalue weighted by atomic mass is 35.5. The van der Waals surface area contributed by atoms with E-state index in [1.807, 2.05) is 18.0 Å². The van der Waals surface area contributed by atoms with Crippen molar-refractivity contribution in [2.75, 3.05) is 30.8 Å². The Labute approximate surface area is 167 Å². The average Bonchev–Trinajstić information content (AvgIpc) is 3.05. The van der Waals surface area contributed by atoms with Crippen LogP contribution in [-0.2, 0) is 13.1 Å². The van der Waals surface area contributed by atoms with Crippen molar-refractivity contribution in [3.8, 4) is 11.8 Å². The van der Waals surface area contributed by atoms with Gasteiger partial charge in [0.2, 0.25) is 5.95 Å². The van der Waals surface area contributed by atoms with Gasteiger partial charge in [-0.15, -0.1) is 5.92 Å². The van der Waals surface area contributed by atoms with E-state index in [0.717, 1.165) is 5.56 Å². The Morgan fingerprint density at radius 1 is 1.36 bits per heavy atom. The van der Waals surface area contributed by atoms with Crippen LogP contribution in [0.4, 0.5) is 11.6 Å². The summed E-state index contributed by atoms with van der Waals surface area (Å²) >= 11 is 6.09. The lowest BCUT2D eigenvalue weighted by molar-refractivity contribution is 0.643. The zero-order chi connectivity index (χ0) is 20.3. The van der Waals surface area contributed by atoms with E-state index in [1.54, 1.807) is 29.8 Å². The minimum atomic E-state index is -0.269. The minimum Gasteiger partial charge on any atom is -0.397 e. The molecule has 8 nitrogen and oxygen atoms in total. The van der Waals surface area contributed by atoms with E-state index in [4.69, 9.17) is 23.1 Å². The van der Waals surface area contributed by atoms with Gasteiger partial charge in [-0.1, -0.05) is 29.7 Å². The number of para-hydroxylation sites is 1. The molecule has 0 aliphatic rings. The number of imidazole rings is 1. The summed E-state index contributed by atoms with van der Waals surface area (Å²) in [6, 6.07) is 5.32. The van der Waals surface area contributed by atoms with Crippen LogP contribution >= 0.6 is 11.6 Å². The Bertz CT molecular complexity index is 1120. The second-order valence-corrected chi connectivity index (χ2v) is 6.70. The Morgan fingerprint density at radius 3 is 2.86 bits per heavy atom. The molecule has 0 aliphatic carbocycles. The Balaban J connectivity index is 2.14. The Kier molecular flexibility index (Phi) is 5.87. The molecule has 0 saturated heterocycles. The van der Waals surface area contributed by atoms with Gasteiger partial charge in [0.05, 0.1) is 30.0 Å². The van der Waals surface area contributed by atoms with Gasteiger partial charge in [0.15, 0.2) is 0 Å². The molecule has 3 rings (SSSR count). The smallest absolute Gasteiger partial charge is 0.293 e. The van der Waals surface area contributed by atoms with Gasteiger partial charge in [0.1, 0.15) is 11.0 Å². The number of likely N-dealkylation sites (N-methyl/N-ethyl adjacent to an activating group) is 1. The number of benzene rings is 1. The maximum atomic E-state index is 13.2. The Hall–Kier alpha value is -3.02. The summed E-state index contributed by atoms with van der Waals surface area (Å²) in [5.74, 6) is 6.49. The number of fused-ring (bicyclic) bond motifs is 1. The molecule has 4 N–H and O–H groups in total. The van der Waals surface area contributed by atoms with E-state index in [9.17, 15) is 4.79 Å². The molecule has 2 heterocycles. The number of aromatic nitrogens is 4. The van der Waals surface area contributed by atoms with Crippen LogP contribution in [0.15, 0.2) is 29.2 Å². The zero-order valence-electron chi connectivity index (χ0n) is 15.8. The predicted molar refractivity (Wildman–Crippen MR) is 113 cm³/mol. The number of hydrogen-bond donors (Lipinski definition) is 2. The van der Waals surface area contributed by atoms with E-state index >= 15 is 0 Å². The molecule has 2 aromatic heterocycles. The molecule has 28 heavy (non-hydrogen) atoms. The van der Waals surface area contributed by atoms with Crippen LogP contribution in [0, 0.1) is 11.8 Å². The quantitative estimate of drug-likeness (QED) is 0.477. The number of rotatable bonds is 6. The fourth-order valence-corrected chi connectivity index (χ4v) is 3.15. The first kappa shape index (κ1) is 19.7. The molecule has 0 unspecified atom stereocenters. The lowest BCUT2D eigenvalue weighted by Gasteiger charge is -2.17. The third-order valence-electron chi connectivity index (χ3n) is 4.41. The lowest BCUT2D eigenvalue weighted by Crippen LogP contribution is -2.29. The molecule has 0 atom stereocenters. The van der Waals surface area contributed by atoms with E-state index in [0.29, 0.717) is 47.3 Å².